The number of anilines is 1. The minimum Gasteiger partial charge on any atom is -0.497 e. The van der Waals surface area contributed by atoms with Crippen molar-refractivity contribution in [3.63, 3.8) is 0 Å². The largest absolute Gasteiger partial charge is 0.497 e. The molecule has 0 bridgehead atoms. The van der Waals surface area contributed by atoms with Crippen molar-refractivity contribution in [1.82, 2.24) is 0 Å². The molecule has 0 aliphatic rings. The van der Waals surface area contributed by atoms with Gasteiger partial charge in [0.15, 0.2) is 0 Å². The van der Waals surface area contributed by atoms with Crippen LogP contribution in [0.15, 0.2) is 58.8 Å². The van der Waals surface area contributed by atoms with Gasteiger partial charge in [0.25, 0.3) is 10.0 Å². The lowest BCUT2D eigenvalue weighted by molar-refractivity contribution is 0.0696. The quantitative estimate of drug-likeness (QED) is 0.602. The van der Waals surface area contributed by atoms with Crippen LogP contribution in [0.4, 0.5) is 5.69 Å². The number of carbonyl (C=O) groups is 1. The molecule has 0 aliphatic heterocycles. The number of nitrogens with one attached hydrogen (secondary N) is 1. The molecule has 1 heterocycles. The summed E-state index contributed by atoms with van der Waals surface area (Å²) in [6, 6.07) is 14.5. The molecular formula is C19H17NO6S2. The summed E-state index contributed by atoms with van der Waals surface area (Å²) < 4.78 is 38.4. The third-order valence-corrected chi connectivity index (χ3v) is 6.88. The van der Waals surface area contributed by atoms with Crippen molar-refractivity contribution in [3.05, 3.63) is 60.2 Å². The monoisotopic (exact) mass is 419 g/mol. The first-order valence-corrected chi connectivity index (χ1v) is 10.3. The Kier molecular flexibility index (Phi) is 5.57. The maximum absolute atomic E-state index is 12.8. The van der Waals surface area contributed by atoms with Crippen LogP contribution in [-0.2, 0) is 10.0 Å². The lowest BCUT2D eigenvalue weighted by Crippen LogP contribution is -2.12. The van der Waals surface area contributed by atoms with Gasteiger partial charge in [-0.3, -0.25) is 4.72 Å². The second-order valence-electron chi connectivity index (χ2n) is 5.68. The van der Waals surface area contributed by atoms with E-state index in [1.54, 1.807) is 13.2 Å². The Bertz CT molecular complexity index is 1120. The number of rotatable bonds is 7. The molecule has 0 spiro atoms. The number of benzene rings is 2. The number of hydrogen-bond donors (Lipinski definition) is 2. The van der Waals surface area contributed by atoms with Crippen molar-refractivity contribution < 1.29 is 27.8 Å². The van der Waals surface area contributed by atoms with Crippen molar-refractivity contribution >= 4 is 33.0 Å². The van der Waals surface area contributed by atoms with Crippen LogP contribution in [-0.4, -0.2) is 33.7 Å². The van der Waals surface area contributed by atoms with Gasteiger partial charge < -0.3 is 14.6 Å². The minimum absolute atomic E-state index is 0.00349. The van der Waals surface area contributed by atoms with Crippen LogP contribution in [0.1, 0.15) is 10.4 Å². The summed E-state index contributed by atoms with van der Waals surface area (Å²) in [4.78, 5) is 11.8. The fraction of sp³-hybridized carbons (Fsp3) is 0.105. The normalized spacial score (nSPS) is 11.1. The van der Waals surface area contributed by atoms with Gasteiger partial charge in [0.05, 0.1) is 25.5 Å². The van der Waals surface area contributed by atoms with E-state index in [4.69, 9.17) is 14.6 Å². The predicted octanol–water partition coefficient (Wildman–Crippen LogP) is 3.93. The van der Waals surface area contributed by atoms with E-state index in [0.29, 0.717) is 5.75 Å². The van der Waals surface area contributed by atoms with Gasteiger partial charge in [0, 0.05) is 4.88 Å². The lowest BCUT2D eigenvalue weighted by Gasteiger charge is -2.11. The Morgan fingerprint density at radius 3 is 2.50 bits per heavy atom. The Balaban J connectivity index is 1.90. The zero-order chi connectivity index (χ0) is 20.3. The van der Waals surface area contributed by atoms with Crippen LogP contribution in [0.3, 0.4) is 0 Å². The third-order valence-electron chi connectivity index (χ3n) is 3.89. The van der Waals surface area contributed by atoms with Gasteiger partial charge in [-0.15, -0.1) is 11.3 Å². The highest BCUT2D eigenvalue weighted by molar-refractivity contribution is 7.94. The molecule has 2 aromatic carbocycles. The Hall–Kier alpha value is -3.04. The van der Waals surface area contributed by atoms with Gasteiger partial charge >= 0.3 is 5.97 Å². The molecule has 0 amide bonds. The highest BCUT2D eigenvalue weighted by Gasteiger charge is 2.20. The topological polar surface area (TPSA) is 102 Å². The zero-order valence-electron chi connectivity index (χ0n) is 15.0. The standard InChI is InChI=1S/C19H17NO6S2/c1-25-14-5-3-4-12(10-14)17-8-9-18(27-17)28(23,24)20-15-7-6-13(19(21)22)11-16(15)26-2/h3-11,20H,1-2H3,(H,21,22). The van der Waals surface area contributed by atoms with Gasteiger partial charge in [0.2, 0.25) is 0 Å². The number of hydrogen-bond acceptors (Lipinski definition) is 6. The van der Waals surface area contributed by atoms with Gasteiger partial charge in [-0.1, -0.05) is 12.1 Å². The first-order chi connectivity index (χ1) is 13.3. The van der Waals surface area contributed by atoms with Gasteiger partial charge in [0.1, 0.15) is 15.7 Å². The first kappa shape index (κ1) is 19.7. The average molecular weight is 419 g/mol. The molecule has 0 aliphatic carbocycles. The fourth-order valence-corrected chi connectivity index (χ4v) is 4.87. The number of thiophene rings is 1. The fourth-order valence-electron chi connectivity index (χ4n) is 2.50. The molecule has 0 radical (unpaired) electrons. The SMILES string of the molecule is COc1cccc(-c2ccc(S(=O)(=O)Nc3ccc(C(=O)O)cc3OC)s2)c1. The van der Waals surface area contributed by atoms with Crippen molar-refractivity contribution in [1.29, 1.82) is 0 Å². The first-order valence-electron chi connectivity index (χ1n) is 8.02. The van der Waals surface area contributed by atoms with E-state index in [9.17, 15) is 13.2 Å². The molecule has 0 saturated heterocycles. The second kappa shape index (κ2) is 7.91. The van der Waals surface area contributed by atoms with E-state index in [2.05, 4.69) is 4.72 Å². The molecule has 9 heteroatoms. The number of ether oxygens (including phenoxy) is 2. The molecule has 0 unspecified atom stereocenters. The van der Waals surface area contributed by atoms with Crippen LogP contribution in [0, 0.1) is 0 Å². The highest BCUT2D eigenvalue weighted by Crippen LogP contribution is 2.34. The molecule has 7 nitrogen and oxygen atoms in total. The Morgan fingerprint density at radius 1 is 1.04 bits per heavy atom. The average Bonchev–Trinajstić information content (AvgIpc) is 3.19. The summed E-state index contributed by atoms with van der Waals surface area (Å²) in [6.45, 7) is 0. The van der Waals surface area contributed by atoms with E-state index < -0.39 is 16.0 Å². The molecule has 0 fully saturated rings. The van der Waals surface area contributed by atoms with E-state index in [0.717, 1.165) is 21.8 Å². The zero-order valence-corrected chi connectivity index (χ0v) is 16.6. The van der Waals surface area contributed by atoms with Crippen LogP contribution in [0.2, 0.25) is 0 Å². The van der Waals surface area contributed by atoms with Crippen LogP contribution < -0.4 is 14.2 Å². The van der Waals surface area contributed by atoms with Crippen LogP contribution in [0.25, 0.3) is 10.4 Å². The van der Waals surface area contributed by atoms with Crippen LogP contribution >= 0.6 is 11.3 Å². The lowest BCUT2D eigenvalue weighted by atomic mass is 10.2. The number of sulfonamides is 1. The molecule has 146 valence electrons. The van der Waals surface area contributed by atoms with E-state index >= 15 is 0 Å². The molecule has 28 heavy (non-hydrogen) atoms. The molecule has 3 aromatic rings. The van der Waals surface area contributed by atoms with Gasteiger partial charge in [-0.05, 0) is 48.0 Å². The molecular weight excluding hydrogens is 402 g/mol. The summed E-state index contributed by atoms with van der Waals surface area (Å²) in [6.07, 6.45) is 0. The molecule has 3 rings (SSSR count). The number of carboxylic acids is 1. The molecule has 0 atom stereocenters. The van der Waals surface area contributed by atoms with Crippen molar-refractivity contribution in [3.8, 4) is 21.9 Å². The highest BCUT2D eigenvalue weighted by atomic mass is 32.2. The summed E-state index contributed by atoms with van der Waals surface area (Å²) >= 11 is 1.11. The summed E-state index contributed by atoms with van der Waals surface area (Å²) in [5, 5.41) is 9.05. The smallest absolute Gasteiger partial charge is 0.335 e. The van der Waals surface area contributed by atoms with E-state index in [1.165, 1.54) is 31.4 Å². The summed E-state index contributed by atoms with van der Waals surface area (Å²) in [5.41, 5.74) is 0.995. The van der Waals surface area contributed by atoms with Crippen molar-refractivity contribution in [2.24, 2.45) is 0 Å². The van der Waals surface area contributed by atoms with E-state index in [1.807, 2.05) is 24.3 Å². The maximum Gasteiger partial charge on any atom is 0.335 e. The van der Waals surface area contributed by atoms with Gasteiger partial charge in [-0.25, -0.2) is 13.2 Å². The number of methoxy groups -OCH3 is 2. The summed E-state index contributed by atoms with van der Waals surface area (Å²) in [5.74, 6) is -0.335. The van der Waals surface area contributed by atoms with Gasteiger partial charge in [-0.2, -0.15) is 0 Å². The van der Waals surface area contributed by atoms with Crippen molar-refractivity contribution in [2.75, 3.05) is 18.9 Å². The Morgan fingerprint density at radius 2 is 1.82 bits per heavy atom. The molecule has 1 aromatic heterocycles. The maximum atomic E-state index is 12.8. The van der Waals surface area contributed by atoms with Crippen molar-refractivity contribution in [2.45, 2.75) is 4.21 Å². The third kappa shape index (κ3) is 4.10. The molecule has 0 saturated carbocycles. The van der Waals surface area contributed by atoms with Crippen LogP contribution in [0.5, 0.6) is 11.5 Å². The minimum atomic E-state index is -3.87. The number of aromatic carboxylic acids is 1. The number of carboxylic acid groups (broad SMARTS) is 1. The Labute approximate surface area is 166 Å². The predicted molar refractivity (Wildman–Crippen MR) is 107 cm³/mol. The van der Waals surface area contributed by atoms with E-state index in [-0.39, 0.29) is 21.2 Å². The molecule has 2 N–H and O–H groups in total. The summed E-state index contributed by atoms with van der Waals surface area (Å²) in [7, 11) is -0.968. The second-order valence-corrected chi connectivity index (χ2v) is 8.67.